The predicted molar refractivity (Wildman–Crippen MR) is 189 cm³/mol. The third kappa shape index (κ3) is 4.63. The van der Waals surface area contributed by atoms with Gasteiger partial charge in [-0.05, 0) is 74.4 Å². The van der Waals surface area contributed by atoms with Gasteiger partial charge in [-0.1, -0.05) is 11.6 Å². The summed E-state index contributed by atoms with van der Waals surface area (Å²) < 4.78 is 44.6. The molecule has 0 bridgehead atoms. The summed E-state index contributed by atoms with van der Waals surface area (Å²) >= 11 is 6.44. The van der Waals surface area contributed by atoms with Gasteiger partial charge in [-0.25, -0.2) is 23.4 Å². The van der Waals surface area contributed by atoms with Crippen molar-refractivity contribution in [1.82, 2.24) is 29.1 Å². The number of hydrogen-bond donors (Lipinski definition) is 1. The second-order valence-corrected chi connectivity index (χ2v) is 12.8. The first kappa shape index (κ1) is 30.9. The van der Waals surface area contributed by atoms with E-state index in [1.165, 1.54) is 17.7 Å². The number of fused-ring (bicyclic) bond motifs is 6. The van der Waals surface area contributed by atoms with Crippen LogP contribution in [0.2, 0.25) is 5.02 Å². The van der Waals surface area contributed by atoms with Crippen LogP contribution in [-0.2, 0) is 0 Å². The molecule has 0 atom stereocenters. The fourth-order valence-corrected chi connectivity index (χ4v) is 6.85. The summed E-state index contributed by atoms with van der Waals surface area (Å²) in [5, 5.41) is 3.66. The van der Waals surface area contributed by atoms with Gasteiger partial charge in [0.2, 0.25) is 0 Å². The topological polar surface area (TPSA) is 137 Å². The molecule has 51 heavy (non-hydrogen) atoms. The highest BCUT2D eigenvalue weighted by atomic mass is 35.5. The average Bonchev–Trinajstić information content (AvgIpc) is 3.80. The standard InChI is InChI=1S/C36H25ClF2N8O4/c1-16-21(46-30-26-24(12-9-20(38)27(26)39)51-31(30)33(40-2)43-35(46)48)10-13-25(42-16)45(3)34-32-29(19-15-18(37)8-11-23(19)50-32)47(36(49)44-34)22-5-4-14-41-28(22)17-6-7-17/h4-5,8-15,17H,6-7H2,1-3H3,(H,40,43,48). The Morgan fingerprint density at radius 2 is 1.65 bits per heavy atom. The van der Waals surface area contributed by atoms with Crippen LogP contribution in [0.15, 0.2) is 79.2 Å². The first-order valence-corrected chi connectivity index (χ1v) is 16.3. The van der Waals surface area contributed by atoms with E-state index >= 15 is 4.39 Å². The van der Waals surface area contributed by atoms with Gasteiger partial charge >= 0.3 is 11.4 Å². The van der Waals surface area contributed by atoms with Gasteiger partial charge in [0, 0.05) is 36.6 Å². The minimum absolute atomic E-state index is 0.00811. The normalized spacial score (nSPS) is 13.2. The van der Waals surface area contributed by atoms with Crippen molar-refractivity contribution in [3.63, 3.8) is 0 Å². The molecule has 1 aliphatic rings. The number of furan rings is 2. The zero-order chi connectivity index (χ0) is 35.3. The predicted octanol–water partition coefficient (Wildman–Crippen LogP) is 7.29. The number of benzene rings is 2. The van der Waals surface area contributed by atoms with E-state index in [1.54, 1.807) is 61.5 Å². The summed E-state index contributed by atoms with van der Waals surface area (Å²) in [6.07, 6.45) is 3.67. The summed E-state index contributed by atoms with van der Waals surface area (Å²) in [5.41, 5.74) is 2.07. The van der Waals surface area contributed by atoms with E-state index in [0.29, 0.717) is 44.3 Å². The van der Waals surface area contributed by atoms with Gasteiger partial charge in [0.25, 0.3) is 0 Å². The number of halogens is 3. The molecule has 0 aliphatic heterocycles. The molecule has 1 saturated carbocycles. The lowest BCUT2D eigenvalue weighted by molar-refractivity contribution is 0.516. The zero-order valence-electron chi connectivity index (χ0n) is 27.2. The molecule has 0 saturated heterocycles. The summed E-state index contributed by atoms with van der Waals surface area (Å²) in [4.78, 5) is 47.1. The molecule has 1 N–H and O–H groups in total. The highest BCUT2D eigenvalue weighted by Crippen LogP contribution is 2.43. The lowest BCUT2D eigenvalue weighted by atomic mass is 10.2. The van der Waals surface area contributed by atoms with Crippen molar-refractivity contribution >= 4 is 73.2 Å². The van der Waals surface area contributed by atoms with Crippen LogP contribution in [0.1, 0.15) is 30.1 Å². The Labute approximate surface area is 290 Å². The molecule has 2 aromatic carbocycles. The van der Waals surface area contributed by atoms with Crippen molar-refractivity contribution in [3.05, 3.63) is 110 Å². The van der Waals surface area contributed by atoms with Crippen LogP contribution in [0.5, 0.6) is 0 Å². The van der Waals surface area contributed by atoms with Crippen molar-refractivity contribution < 1.29 is 17.6 Å². The second-order valence-electron chi connectivity index (χ2n) is 12.3. The minimum Gasteiger partial charge on any atom is -0.450 e. The smallest absolute Gasteiger partial charge is 0.354 e. The molecule has 6 heterocycles. The molecule has 15 heteroatoms. The van der Waals surface area contributed by atoms with Crippen LogP contribution in [0.3, 0.4) is 0 Å². The molecular formula is C36H25ClF2N8O4. The van der Waals surface area contributed by atoms with Crippen molar-refractivity contribution in [3.8, 4) is 11.4 Å². The van der Waals surface area contributed by atoms with Gasteiger partial charge in [0.15, 0.2) is 34.4 Å². The number of pyridine rings is 2. The number of nitrogens with one attached hydrogen (secondary N) is 1. The van der Waals surface area contributed by atoms with Gasteiger partial charge < -0.3 is 19.1 Å². The van der Waals surface area contributed by atoms with Crippen LogP contribution < -0.4 is 21.6 Å². The van der Waals surface area contributed by atoms with Gasteiger partial charge in [0.1, 0.15) is 28.0 Å². The van der Waals surface area contributed by atoms with Gasteiger partial charge in [-0.3, -0.25) is 14.1 Å². The maximum atomic E-state index is 15.3. The Balaban J connectivity index is 1.23. The molecule has 1 aliphatic carbocycles. The summed E-state index contributed by atoms with van der Waals surface area (Å²) in [7, 11) is 3.22. The average molecular weight is 707 g/mol. The maximum absolute atomic E-state index is 15.3. The molecule has 8 aromatic rings. The van der Waals surface area contributed by atoms with E-state index in [9.17, 15) is 14.0 Å². The zero-order valence-corrected chi connectivity index (χ0v) is 27.9. The van der Waals surface area contributed by atoms with Crippen molar-refractivity contribution in [2.75, 3.05) is 24.3 Å². The highest BCUT2D eigenvalue weighted by molar-refractivity contribution is 6.31. The van der Waals surface area contributed by atoms with Crippen molar-refractivity contribution in [1.29, 1.82) is 0 Å². The van der Waals surface area contributed by atoms with Gasteiger partial charge in [-0.15, -0.1) is 0 Å². The molecule has 9 rings (SSSR count). The Hall–Kier alpha value is -6.15. The summed E-state index contributed by atoms with van der Waals surface area (Å²) in [5.74, 6) is -1.42. The third-order valence-corrected chi connectivity index (χ3v) is 9.44. The molecule has 254 valence electrons. The molecule has 0 amide bonds. The molecule has 0 radical (unpaired) electrons. The Bertz CT molecular complexity index is 2890. The molecule has 6 aromatic heterocycles. The Morgan fingerprint density at radius 3 is 2.41 bits per heavy atom. The van der Waals surface area contributed by atoms with Crippen LogP contribution in [-0.4, -0.2) is 43.2 Å². The number of aryl methyl sites for hydroxylation is 1. The van der Waals surface area contributed by atoms with Gasteiger partial charge in [0.05, 0.1) is 28.1 Å². The maximum Gasteiger partial charge on any atom is 0.354 e. The Morgan fingerprint density at radius 1 is 0.902 bits per heavy atom. The van der Waals surface area contributed by atoms with E-state index in [1.807, 2.05) is 6.07 Å². The highest BCUT2D eigenvalue weighted by Gasteiger charge is 2.31. The number of hydrogen-bond acceptors (Lipinski definition) is 10. The van der Waals surface area contributed by atoms with E-state index in [2.05, 4.69) is 20.3 Å². The Kier molecular flexibility index (Phi) is 6.77. The lowest BCUT2D eigenvalue weighted by Crippen LogP contribution is -2.27. The summed E-state index contributed by atoms with van der Waals surface area (Å²) in [6.45, 7) is 1.65. The molecule has 0 unspecified atom stereocenters. The van der Waals surface area contributed by atoms with Crippen LogP contribution in [0.25, 0.3) is 55.5 Å². The molecule has 12 nitrogen and oxygen atoms in total. The number of aromatic nitrogens is 6. The second kappa shape index (κ2) is 11.2. The molecule has 0 spiro atoms. The van der Waals surface area contributed by atoms with E-state index in [0.717, 1.165) is 29.2 Å². The van der Waals surface area contributed by atoms with E-state index < -0.39 is 23.0 Å². The van der Waals surface area contributed by atoms with Crippen LogP contribution in [0.4, 0.5) is 26.2 Å². The molecule has 1 fully saturated rings. The summed E-state index contributed by atoms with van der Waals surface area (Å²) in [6, 6.07) is 14.3. The minimum atomic E-state index is -1.16. The third-order valence-electron chi connectivity index (χ3n) is 9.20. The number of rotatable bonds is 6. The number of anilines is 3. The quantitative estimate of drug-likeness (QED) is 0.188. The molecular weight excluding hydrogens is 682 g/mol. The largest absolute Gasteiger partial charge is 0.450 e. The number of nitrogens with zero attached hydrogens (tertiary/aromatic N) is 7. The fourth-order valence-electron chi connectivity index (χ4n) is 6.68. The van der Waals surface area contributed by atoms with E-state index in [-0.39, 0.29) is 45.3 Å². The van der Waals surface area contributed by atoms with E-state index in [4.69, 9.17) is 25.4 Å². The first-order valence-electron chi connectivity index (χ1n) is 16.0. The first-order chi connectivity index (χ1) is 24.6. The lowest BCUT2D eigenvalue weighted by Gasteiger charge is -2.20. The monoisotopic (exact) mass is 706 g/mol. The van der Waals surface area contributed by atoms with Crippen LogP contribution in [0, 0.1) is 18.6 Å². The van der Waals surface area contributed by atoms with Crippen molar-refractivity contribution in [2.24, 2.45) is 0 Å². The fraction of sp³-hybridized carbons (Fsp3) is 0.167. The van der Waals surface area contributed by atoms with Crippen LogP contribution >= 0.6 is 11.6 Å². The SMILES string of the molecule is CNc1nc(=O)n(-c2ccc(N(C)c3nc(=O)n(-c4cccnc4C4CC4)c4c3oc3ccc(Cl)cc34)nc2C)c2c1oc1ccc(F)c(F)c12. The van der Waals surface area contributed by atoms with Crippen molar-refractivity contribution in [2.45, 2.75) is 25.7 Å². The van der Waals surface area contributed by atoms with Gasteiger partial charge in [-0.2, -0.15) is 9.97 Å².